The van der Waals surface area contributed by atoms with Gasteiger partial charge in [-0.2, -0.15) is 9.38 Å². The summed E-state index contributed by atoms with van der Waals surface area (Å²) in [6.45, 7) is 1.62. The number of nitro groups is 1. The molecule has 1 atom stereocenters. The van der Waals surface area contributed by atoms with E-state index < -0.39 is 0 Å². The molecule has 1 saturated heterocycles. The van der Waals surface area contributed by atoms with E-state index in [-0.39, 0.29) is 10.7 Å². The van der Waals surface area contributed by atoms with Crippen LogP contribution in [0.15, 0.2) is 11.6 Å². The van der Waals surface area contributed by atoms with E-state index in [2.05, 4.69) is 9.88 Å². The number of aromatic nitrogens is 2. The Kier molecular flexibility index (Phi) is 3.35. The average molecular weight is 295 g/mol. The van der Waals surface area contributed by atoms with E-state index in [1.807, 2.05) is 24.4 Å². The molecule has 3 heterocycles. The maximum Gasteiger partial charge on any atom is 0.373 e. The molecule has 108 valence electrons. The van der Waals surface area contributed by atoms with Crippen LogP contribution < -0.4 is 4.90 Å². The topological polar surface area (TPSA) is 66.9 Å². The highest BCUT2D eigenvalue weighted by atomic mass is 32.1. The SMILES string of the molecule is CN(C)C1CCCN(c2nc3sccn3c2[N+](=O)[O-])C1. The normalized spacial score (nSPS) is 19.9. The van der Waals surface area contributed by atoms with Crippen LogP contribution in [-0.4, -0.2) is 52.4 Å². The van der Waals surface area contributed by atoms with E-state index in [1.165, 1.54) is 11.3 Å². The van der Waals surface area contributed by atoms with Gasteiger partial charge >= 0.3 is 5.82 Å². The third-order valence-corrected chi connectivity index (χ3v) is 4.58. The Morgan fingerprint density at radius 1 is 1.55 bits per heavy atom. The van der Waals surface area contributed by atoms with Crippen LogP contribution >= 0.6 is 11.3 Å². The lowest BCUT2D eigenvalue weighted by molar-refractivity contribution is -0.389. The van der Waals surface area contributed by atoms with Gasteiger partial charge in [0, 0.05) is 24.5 Å². The van der Waals surface area contributed by atoms with E-state index in [0.29, 0.717) is 16.8 Å². The Bertz CT molecular complexity index is 635. The van der Waals surface area contributed by atoms with Gasteiger partial charge < -0.3 is 19.9 Å². The highest BCUT2D eigenvalue weighted by molar-refractivity contribution is 7.15. The summed E-state index contributed by atoms with van der Waals surface area (Å²) in [4.78, 5) is 20.4. The van der Waals surface area contributed by atoms with Crippen LogP contribution in [0, 0.1) is 10.1 Å². The number of fused-ring (bicyclic) bond motifs is 1. The number of anilines is 1. The molecule has 1 fully saturated rings. The van der Waals surface area contributed by atoms with E-state index in [1.54, 1.807) is 10.6 Å². The summed E-state index contributed by atoms with van der Waals surface area (Å²) in [5.74, 6) is 0.592. The van der Waals surface area contributed by atoms with Gasteiger partial charge in [0.25, 0.3) is 4.96 Å². The van der Waals surface area contributed by atoms with Gasteiger partial charge in [-0.15, -0.1) is 0 Å². The summed E-state index contributed by atoms with van der Waals surface area (Å²) in [7, 11) is 4.10. The number of imidazole rings is 1. The summed E-state index contributed by atoms with van der Waals surface area (Å²) >= 11 is 1.42. The molecule has 1 aliphatic rings. The number of thiazole rings is 1. The quantitative estimate of drug-likeness (QED) is 0.638. The molecule has 0 spiro atoms. The van der Waals surface area contributed by atoms with Crippen molar-refractivity contribution in [1.29, 1.82) is 0 Å². The van der Waals surface area contributed by atoms with Crippen molar-refractivity contribution in [1.82, 2.24) is 14.3 Å². The van der Waals surface area contributed by atoms with Gasteiger partial charge in [0.2, 0.25) is 5.82 Å². The molecule has 7 nitrogen and oxygen atoms in total. The van der Waals surface area contributed by atoms with Crippen molar-refractivity contribution >= 4 is 27.9 Å². The standard InChI is InChI=1S/C12H17N5O2S/c1-14(2)9-4-3-5-15(8-9)10-11(17(18)19)16-6-7-20-12(16)13-10/h6-7,9H,3-5,8H2,1-2H3. The number of nitrogens with zero attached hydrogens (tertiary/aromatic N) is 5. The maximum absolute atomic E-state index is 11.4. The summed E-state index contributed by atoms with van der Waals surface area (Å²) in [5.41, 5.74) is 0. The predicted molar refractivity (Wildman–Crippen MR) is 78.6 cm³/mol. The second kappa shape index (κ2) is 5.02. The zero-order chi connectivity index (χ0) is 14.3. The second-order valence-corrected chi connectivity index (χ2v) is 6.15. The molecule has 3 rings (SSSR count). The highest BCUT2D eigenvalue weighted by Gasteiger charge is 2.31. The van der Waals surface area contributed by atoms with Gasteiger partial charge in [-0.05, 0) is 31.9 Å². The minimum Gasteiger partial charge on any atom is -0.358 e. The van der Waals surface area contributed by atoms with Gasteiger partial charge in [0.05, 0.1) is 0 Å². The fraction of sp³-hybridized carbons (Fsp3) is 0.583. The lowest BCUT2D eigenvalue weighted by Crippen LogP contribution is -2.45. The van der Waals surface area contributed by atoms with Crippen LogP contribution in [0.4, 0.5) is 11.6 Å². The van der Waals surface area contributed by atoms with Crippen LogP contribution in [0.1, 0.15) is 12.8 Å². The number of hydrogen-bond acceptors (Lipinski definition) is 6. The van der Waals surface area contributed by atoms with Crippen molar-refractivity contribution in [2.24, 2.45) is 0 Å². The van der Waals surface area contributed by atoms with Crippen molar-refractivity contribution in [3.8, 4) is 0 Å². The Balaban J connectivity index is 1.98. The van der Waals surface area contributed by atoms with Crippen molar-refractivity contribution in [3.63, 3.8) is 0 Å². The summed E-state index contributed by atoms with van der Waals surface area (Å²) < 4.78 is 1.57. The van der Waals surface area contributed by atoms with E-state index in [4.69, 9.17) is 0 Å². The van der Waals surface area contributed by atoms with Gasteiger partial charge in [-0.25, -0.2) is 0 Å². The molecular weight excluding hydrogens is 278 g/mol. The molecule has 2 aromatic rings. The van der Waals surface area contributed by atoms with Gasteiger partial charge in [0.1, 0.15) is 6.20 Å². The van der Waals surface area contributed by atoms with Gasteiger partial charge in [-0.1, -0.05) is 11.3 Å². The monoisotopic (exact) mass is 295 g/mol. The van der Waals surface area contributed by atoms with Crippen molar-refractivity contribution < 1.29 is 4.92 Å². The van der Waals surface area contributed by atoms with Crippen molar-refractivity contribution in [2.45, 2.75) is 18.9 Å². The molecule has 0 radical (unpaired) electrons. The lowest BCUT2D eigenvalue weighted by atomic mass is 10.1. The van der Waals surface area contributed by atoms with Crippen LogP contribution in [0.5, 0.6) is 0 Å². The van der Waals surface area contributed by atoms with Gasteiger partial charge in [0.15, 0.2) is 0 Å². The molecule has 0 aliphatic carbocycles. The van der Waals surface area contributed by atoms with E-state index >= 15 is 0 Å². The van der Waals surface area contributed by atoms with Crippen molar-refractivity contribution in [3.05, 3.63) is 21.7 Å². The Morgan fingerprint density at radius 2 is 2.35 bits per heavy atom. The fourth-order valence-electron chi connectivity index (χ4n) is 2.71. The predicted octanol–water partition coefficient (Wildman–Crippen LogP) is 1.83. The number of hydrogen-bond donors (Lipinski definition) is 0. The summed E-state index contributed by atoms with van der Waals surface area (Å²) in [6, 6.07) is 0.420. The molecule has 1 unspecified atom stereocenters. The lowest BCUT2D eigenvalue weighted by Gasteiger charge is -2.35. The Labute approximate surface area is 120 Å². The smallest absolute Gasteiger partial charge is 0.358 e. The molecule has 0 aromatic carbocycles. The van der Waals surface area contributed by atoms with E-state index in [9.17, 15) is 10.1 Å². The number of likely N-dealkylation sites (N-methyl/N-ethyl adjacent to an activating group) is 1. The summed E-state index contributed by atoms with van der Waals surface area (Å²) in [6.07, 6.45) is 3.87. The summed E-state index contributed by atoms with van der Waals surface area (Å²) in [5, 5.41) is 13.2. The maximum atomic E-state index is 11.4. The minimum absolute atomic E-state index is 0.0839. The molecule has 0 bridgehead atoms. The molecule has 0 N–H and O–H groups in total. The first-order valence-corrected chi connectivity index (χ1v) is 7.47. The fourth-order valence-corrected chi connectivity index (χ4v) is 3.42. The largest absolute Gasteiger partial charge is 0.373 e. The minimum atomic E-state index is -0.332. The first-order valence-electron chi connectivity index (χ1n) is 6.59. The van der Waals surface area contributed by atoms with Crippen LogP contribution in [0.25, 0.3) is 4.96 Å². The van der Waals surface area contributed by atoms with Gasteiger partial charge in [-0.3, -0.25) is 0 Å². The van der Waals surface area contributed by atoms with Crippen LogP contribution in [0.2, 0.25) is 0 Å². The second-order valence-electron chi connectivity index (χ2n) is 5.28. The first kappa shape index (κ1) is 13.3. The number of piperidine rings is 1. The third kappa shape index (κ3) is 2.14. The molecule has 0 saturated carbocycles. The molecule has 1 aliphatic heterocycles. The Hall–Kier alpha value is -1.67. The highest BCUT2D eigenvalue weighted by Crippen LogP contribution is 2.32. The van der Waals surface area contributed by atoms with Crippen LogP contribution in [-0.2, 0) is 0 Å². The third-order valence-electron chi connectivity index (χ3n) is 3.82. The average Bonchev–Trinajstić information content (AvgIpc) is 2.97. The molecule has 0 amide bonds. The van der Waals surface area contributed by atoms with E-state index in [0.717, 1.165) is 25.9 Å². The van der Waals surface area contributed by atoms with Crippen molar-refractivity contribution in [2.75, 3.05) is 32.1 Å². The first-order chi connectivity index (χ1) is 9.58. The zero-order valence-corrected chi connectivity index (χ0v) is 12.3. The zero-order valence-electron chi connectivity index (χ0n) is 11.5. The Morgan fingerprint density at radius 3 is 3.05 bits per heavy atom. The molecule has 8 heteroatoms. The molecule has 2 aromatic heterocycles. The van der Waals surface area contributed by atoms with Crippen LogP contribution in [0.3, 0.4) is 0 Å². The molecular formula is C12H17N5O2S. The molecule has 20 heavy (non-hydrogen) atoms. The number of rotatable bonds is 3.